The molecule has 0 unspecified atom stereocenters. The monoisotopic (exact) mass is 367 g/mol. The van der Waals surface area contributed by atoms with E-state index in [1.54, 1.807) is 29.2 Å². The lowest BCUT2D eigenvalue weighted by atomic mass is 9.99. The fourth-order valence-corrected chi connectivity index (χ4v) is 3.46. The van der Waals surface area contributed by atoms with E-state index in [0.717, 1.165) is 21.9 Å². The van der Waals surface area contributed by atoms with Crippen LogP contribution in [0.15, 0.2) is 54.6 Å². The van der Waals surface area contributed by atoms with Crippen LogP contribution in [-0.4, -0.2) is 42.2 Å². The summed E-state index contributed by atoms with van der Waals surface area (Å²) in [5.74, 6) is 0.235. The van der Waals surface area contributed by atoms with Crippen LogP contribution in [0.4, 0.5) is 0 Å². The van der Waals surface area contributed by atoms with Crippen LogP contribution >= 0.6 is 11.6 Å². The fourth-order valence-electron chi connectivity index (χ4n) is 3.23. The van der Waals surface area contributed by atoms with E-state index in [4.69, 9.17) is 16.3 Å². The van der Waals surface area contributed by atoms with Crippen molar-refractivity contribution in [2.24, 2.45) is 0 Å². The number of nitrogens with zero attached hydrogens (tertiary/aromatic N) is 1. The van der Waals surface area contributed by atoms with Crippen LogP contribution in [0.5, 0.6) is 5.75 Å². The minimum atomic E-state index is -0.00284. The molecule has 1 saturated heterocycles. The average molecular weight is 368 g/mol. The first-order valence-corrected chi connectivity index (χ1v) is 8.89. The zero-order valence-corrected chi connectivity index (χ0v) is 14.9. The quantitative estimate of drug-likeness (QED) is 0.733. The Morgan fingerprint density at radius 1 is 0.962 bits per heavy atom. The van der Waals surface area contributed by atoms with Crippen LogP contribution < -0.4 is 0 Å². The molecule has 0 bridgehead atoms. The summed E-state index contributed by atoms with van der Waals surface area (Å²) in [5, 5.41) is 12.2. The number of fused-ring (bicyclic) bond motifs is 1. The minimum absolute atomic E-state index is 0.00284. The number of rotatable bonds is 2. The summed E-state index contributed by atoms with van der Waals surface area (Å²) in [6, 6.07) is 16.5. The number of carbonyl (C=O) groups is 1. The highest BCUT2D eigenvalue weighted by Gasteiger charge is 2.19. The van der Waals surface area contributed by atoms with E-state index in [9.17, 15) is 9.90 Å². The fraction of sp³-hybridized carbons (Fsp3) is 0.190. The average Bonchev–Trinajstić information content (AvgIpc) is 2.68. The van der Waals surface area contributed by atoms with Gasteiger partial charge >= 0.3 is 0 Å². The van der Waals surface area contributed by atoms with Gasteiger partial charge in [0.25, 0.3) is 5.91 Å². The molecule has 1 amide bonds. The summed E-state index contributed by atoms with van der Waals surface area (Å²) in [6.45, 7) is 2.36. The van der Waals surface area contributed by atoms with Gasteiger partial charge in [-0.25, -0.2) is 0 Å². The molecule has 0 aliphatic carbocycles. The number of benzene rings is 3. The maximum absolute atomic E-state index is 12.7. The largest absolute Gasteiger partial charge is 0.508 e. The Bertz CT molecular complexity index is 980. The molecule has 4 nitrogen and oxygen atoms in total. The van der Waals surface area contributed by atoms with Gasteiger partial charge in [0.05, 0.1) is 13.2 Å². The number of aromatic hydroxyl groups is 1. The van der Waals surface area contributed by atoms with Crippen LogP contribution in [0.25, 0.3) is 21.9 Å². The third-order valence-corrected chi connectivity index (χ3v) is 4.98. The molecule has 1 N–H and O–H groups in total. The number of morpholine rings is 1. The highest BCUT2D eigenvalue weighted by atomic mass is 35.5. The highest BCUT2D eigenvalue weighted by molar-refractivity contribution is 6.33. The van der Waals surface area contributed by atoms with Crippen LogP contribution in [0.2, 0.25) is 5.02 Å². The summed E-state index contributed by atoms with van der Waals surface area (Å²) in [6.07, 6.45) is 0. The number of amides is 1. The first-order chi connectivity index (χ1) is 12.6. The number of carbonyl (C=O) groups excluding carboxylic acids is 1. The molecule has 4 rings (SSSR count). The van der Waals surface area contributed by atoms with Crippen LogP contribution in [-0.2, 0) is 4.74 Å². The van der Waals surface area contributed by atoms with Crippen molar-refractivity contribution in [3.63, 3.8) is 0 Å². The molecule has 0 spiro atoms. The lowest BCUT2D eigenvalue weighted by Crippen LogP contribution is -2.40. The Kier molecular flexibility index (Phi) is 4.53. The lowest BCUT2D eigenvalue weighted by Gasteiger charge is -2.27. The maximum atomic E-state index is 12.7. The zero-order valence-electron chi connectivity index (χ0n) is 14.1. The van der Waals surface area contributed by atoms with Crippen LogP contribution in [0, 0.1) is 0 Å². The molecule has 1 heterocycles. The third kappa shape index (κ3) is 3.26. The summed E-state index contributed by atoms with van der Waals surface area (Å²) in [4.78, 5) is 14.5. The van der Waals surface area contributed by atoms with Crippen molar-refractivity contribution < 1.29 is 14.6 Å². The Labute approximate surface area is 156 Å². The number of phenols is 1. The second kappa shape index (κ2) is 6.98. The topological polar surface area (TPSA) is 49.8 Å². The van der Waals surface area contributed by atoms with Gasteiger partial charge < -0.3 is 14.7 Å². The van der Waals surface area contributed by atoms with Crippen molar-refractivity contribution in [3.05, 3.63) is 65.2 Å². The van der Waals surface area contributed by atoms with E-state index in [1.165, 1.54) is 0 Å². The van der Waals surface area contributed by atoms with E-state index in [-0.39, 0.29) is 11.7 Å². The Balaban J connectivity index is 1.72. The van der Waals surface area contributed by atoms with Crippen molar-refractivity contribution in [2.75, 3.05) is 26.3 Å². The molecule has 1 aliphatic rings. The predicted molar refractivity (Wildman–Crippen MR) is 103 cm³/mol. The van der Waals surface area contributed by atoms with Gasteiger partial charge in [-0.05, 0) is 52.7 Å². The Morgan fingerprint density at radius 3 is 2.50 bits per heavy atom. The number of halogens is 1. The van der Waals surface area contributed by atoms with Crippen molar-refractivity contribution >= 4 is 28.3 Å². The van der Waals surface area contributed by atoms with Crippen molar-refractivity contribution in [2.45, 2.75) is 0 Å². The van der Waals surface area contributed by atoms with Crippen molar-refractivity contribution in [3.8, 4) is 16.9 Å². The molecule has 1 aliphatic heterocycles. The summed E-state index contributed by atoms with van der Waals surface area (Å²) < 4.78 is 5.31. The highest BCUT2D eigenvalue weighted by Crippen LogP contribution is 2.32. The van der Waals surface area contributed by atoms with Gasteiger partial charge in [-0.1, -0.05) is 29.8 Å². The summed E-state index contributed by atoms with van der Waals surface area (Å²) in [5.41, 5.74) is 2.38. The molecule has 0 atom stereocenters. The predicted octanol–water partition coefficient (Wildman–Crippen LogP) is 4.34. The lowest BCUT2D eigenvalue weighted by molar-refractivity contribution is 0.0303. The molecule has 5 heteroatoms. The van der Waals surface area contributed by atoms with Gasteiger partial charge in [-0.3, -0.25) is 4.79 Å². The molecular weight excluding hydrogens is 350 g/mol. The van der Waals surface area contributed by atoms with Crippen molar-refractivity contribution in [1.29, 1.82) is 0 Å². The normalized spacial score (nSPS) is 14.6. The first-order valence-electron chi connectivity index (χ1n) is 8.51. The minimum Gasteiger partial charge on any atom is -0.508 e. The molecule has 0 radical (unpaired) electrons. The van der Waals surface area contributed by atoms with E-state index < -0.39 is 0 Å². The van der Waals surface area contributed by atoms with Gasteiger partial charge in [0.2, 0.25) is 0 Å². The number of phenolic OH excluding ortho intramolecular Hbond substituents is 1. The van der Waals surface area contributed by atoms with Crippen LogP contribution in [0.1, 0.15) is 10.4 Å². The van der Waals surface area contributed by atoms with Crippen LogP contribution in [0.3, 0.4) is 0 Å². The molecule has 132 valence electrons. The molecule has 26 heavy (non-hydrogen) atoms. The number of hydrogen-bond donors (Lipinski definition) is 1. The Hall–Kier alpha value is -2.56. The maximum Gasteiger partial charge on any atom is 0.254 e. The van der Waals surface area contributed by atoms with E-state index in [2.05, 4.69) is 0 Å². The molecule has 1 fully saturated rings. The standard InChI is InChI=1S/C21H18ClNO3/c22-20-6-4-17(21(25)23-7-9-26-10-8-23)13-19(20)16-2-1-15-12-18(24)5-3-14(15)11-16/h1-6,11-13,24H,7-10H2. The van der Waals surface area contributed by atoms with Gasteiger partial charge in [0, 0.05) is 29.2 Å². The second-order valence-corrected chi connectivity index (χ2v) is 6.75. The second-order valence-electron chi connectivity index (χ2n) is 6.35. The van der Waals surface area contributed by atoms with Gasteiger partial charge in [-0.15, -0.1) is 0 Å². The molecule has 3 aromatic carbocycles. The van der Waals surface area contributed by atoms with E-state index in [1.807, 2.05) is 30.3 Å². The molecule has 3 aromatic rings. The van der Waals surface area contributed by atoms with E-state index >= 15 is 0 Å². The molecule has 0 saturated carbocycles. The zero-order chi connectivity index (χ0) is 18.1. The first kappa shape index (κ1) is 16.9. The summed E-state index contributed by atoms with van der Waals surface area (Å²) in [7, 11) is 0. The van der Waals surface area contributed by atoms with Gasteiger partial charge in [0.1, 0.15) is 5.75 Å². The van der Waals surface area contributed by atoms with Gasteiger partial charge in [-0.2, -0.15) is 0 Å². The number of hydrogen-bond acceptors (Lipinski definition) is 3. The SMILES string of the molecule is O=C(c1ccc(Cl)c(-c2ccc3cc(O)ccc3c2)c1)N1CCOCC1. The van der Waals surface area contributed by atoms with E-state index in [0.29, 0.717) is 36.9 Å². The Morgan fingerprint density at radius 2 is 1.69 bits per heavy atom. The number of ether oxygens (including phenoxy) is 1. The molecule has 0 aromatic heterocycles. The van der Waals surface area contributed by atoms with Gasteiger partial charge in [0.15, 0.2) is 0 Å². The third-order valence-electron chi connectivity index (χ3n) is 4.65. The van der Waals surface area contributed by atoms with Crippen molar-refractivity contribution in [1.82, 2.24) is 4.90 Å². The summed E-state index contributed by atoms with van der Waals surface area (Å²) >= 11 is 6.41. The molecular formula is C21H18ClNO3. The smallest absolute Gasteiger partial charge is 0.254 e.